The fourth-order valence-corrected chi connectivity index (χ4v) is 4.30. The highest BCUT2D eigenvalue weighted by Gasteiger charge is 2.47. The van der Waals surface area contributed by atoms with Crippen LogP contribution in [-0.4, -0.2) is 44.0 Å². The number of carbonyl (C=O) groups excluding carboxylic acids is 2. The molecular weight excluding hydrogens is 350 g/mol. The summed E-state index contributed by atoms with van der Waals surface area (Å²) in [6, 6.07) is 12.7. The first kappa shape index (κ1) is 15.5. The van der Waals surface area contributed by atoms with E-state index < -0.39 is 5.60 Å². The molecule has 1 unspecified atom stereocenters. The highest BCUT2D eigenvalue weighted by Crippen LogP contribution is 2.39. The van der Waals surface area contributed by atoms with Crippen molar-refractivity contribution in [1.29, 1.82) is 0 Å². The van der Waals surface area contributed by atoms with Crippen LogP contribution in [0.1, 0.15) is 33.6 Å². The summed E-state index contributed by atoms with van der Waals surface area (Å²) in [5.74, 6) is 0.635. The van der Waals surface area contributed by atoms with Crippen molar-refractivity contribution in [1.82, 2.24) is 13.6 Å². The number of ketones is 1. The largest absolute Gasteiger partial charge is 0.484 e. The van der Waals surface area contributed by atoms with E-state index in [0.29, 0.717) is 42.8 Å². The number of likely N-dealkylation sites (tertiary alicyclic amines) is 1. The summed E-state index contributed by atoms with van der Waals surface area (Å²) in [7, 11) is 0. The highest BCUT2D eigenvalue weighted by atomic mass is 32.1. The maximum atomic E-state index is 12.9. The average molecular weight is 365 g/mol. The van der Waals surface area contributed by atoms with Crippen molar-refractivity contribution in [2.24, 2.45) is 0 Å². The van der Waals surface area contributed by atoms with Crippen LogP contribution < -0.4 is 4.74 Å². The molecule has 0 radical (unpaired) electrons. The normalized spacial score (nSPS) is 21.8. The molecule has 26 heavy (non-hydrogen) atoms. The van der Waals surface area contributed by atoms with Crippen LogP contribution in [0.3, 0.4) is 0 Å². The Kier molecular flexibility index (Phi) is 3.33. The van der Waals surface area contributed by atoms with E-state index in [1.807, 2.05) is 24.3 Å². The minimum atomic E-state index is -0.618. The van der Waals surface area contributed by atoms with Crippen molar-refractivity contribution >= 4 is 34.5 Å². The van der Waals surface area contributed by atoms with Crippen LogP contribution in [0.5, 0.6) is 5.75 Å². The molecule has 1 amide bonds. The topological polar surface area (TPSA) is 72.4 Å². The second kappa shape index (κ2) is 5.60. The fraction of sp³-hybridized carbons (Fsp3) is 0.263. The Labute approximate surface area is 153 Å². The van der Waals surface area contributed by atoms with Crippen molar-refractivity contribution in [3.05, 3.63) is 53.6 Å². The summed E-state index contributed by atoms with van der Waals surface area (Å²) >= 11 is 1.13. The Balaban J connectivity index is 1.40. The Morgan fingerprint density at radius 1 is 1.15 bits per heavy atom. The molecule has 2 aromatic carbocycles. The van der Waals surface area contributed by atoms with E-state index >= 15 is 0 Å². The highest BCUT2D eigenvalue weighted by molar-refractivity contribution is 7.00. The number of amides is 1. The van der Waals surface area contributed by atoms with Gasteiger partial charge in [-0.3, -0.25) is 9.59 Å². The van der Waals surface area contributed by atoms with E-state index in [9.17, 15) is 9.59 Å². The number of para-hydroxylation sites is 1. The smallest absolute Gasteiger partial charge is 0.254 e. The molecule has 1 saturated heterocycles. The van der Waals surface area contributed by atoms with Crippen LogP contribution in [0, 0.1) is 0 Å². The van der Waals surface area contributed by atoms with Crippen molar-refractivity contribution in [3.8, 4) is 5.75 Å². The Morgan fingerprint density at radius 3 is 2.92 bits per heavy atom. The number of fused-ring (bicyclic) bond motifs is 2. The zero-order valence-corrected chi connectivity index (χ0v) is 14.7. The quantitative estimate of drug-likeness (QED) is 0.663. The van der Waals surface area contributed by atoms with Gasteiger partial charge in [-0.1, -0.05) is 12.1 Å². The van der Waals surface area contributed by atoms with E-state index in [-0.39, 0.29) is 11.7 Å². The molecule has 0 aliphatic carbocycles. The molecular formula is C19H15N3O3S. The predicted molar refractivity (Wildman–Crippen MR) is 96.7 cm³/mol. The summed E-state index contributed by atoms with van der Waals surface area (Å²) in [4.78, 5) is 27.2. The Bertz CT molecular complexity index is 1050. The average Bonchev–Trinajstić information content (AvgIpc) is 3.27. The maximum Gasteiger partial charge on any atom is 0.254 e. The molecule has 130 valence electrons. The first-order chi connectivity index (χ1) is 12.6. The number of hydrogen-bond donors (Lipinski definition) is 0. The summed E-state index contributed by atoms with van der Waals surface area (Å²) in [6.45, 7) is 0.987. The molecule has 0 saturated carbocycles. The van der Waals surface area contributed by atoms with E-state index in [1.54, 1.807) is 23.1 Å². The van der Waals surface area contributed by atoms with Gasteiger partial charge in [-0.2, -0.15) is 8.75 Å². The number of benzene rings is 2. The van der Waals surface area contributed by atoms with E-state index in [2.05, 4.69) is 8.75 Å². The van der Waals surface area contributed by atoms with Crippen LogP contribution in [0.4, 0.5) is 0 Å². The minimum Gasteiger partial charge on any atom is -0.484 e. The van der Waals surface area contributed by atoms with Gasteiger partial charge in [0, 0.05) is 18.5 Å². The van der Waals surface area contributed by atoms with Gasteiger partial charge < -0.3 is 9.64 Å². The molecule has 0 N–H and O–H groups in total. The van der Waals surface area contributed by atoms with Crippen LogP contribution in [0.25, 0.3) is 11.0 Å². The molecule has 3 aromatic rings. The van der Waals surface area contributed by atoms with Crippen LogP contribution in [0.2, 0.25) is 0 Å². The van der Waals surface area contributed by atoms with Gasteiger partial charge in [-0.15, -0.1) is 0 Å². The van der Waals surface area contributed by atoms with Crippen LogP contribution in [0.15, 0.2) is 42.5 Å². The number of aromatic nitrogens is 2. The molecule has 1 aromatic heterocycles. The van der Waals surface area contributed by atoms with Crippen molar-refractivity contribution in [2.45, 2.75) is 18.4 Å². The molecule has 1 spiro atoms. The third-order valence-corrected chi connectivity index (χ3v) is 5.66. The number of hydrogen-bond acceptors (Lipinski definition) is 6. The van der Waals surface area contributed by atoms with Crippen molar-refractivity contribution < 1.29 is 14.3 Å². The number of Topliss-reactive ketones (excluding diaryl/α,β-unsaturated/α-hetero) is 1. The number of carbonyl (C=O) groups is 2. The third kappa shape index (κ3) is 2.39. The first-order valence-corrected chi connectivity index (χ1v) is 9.19. The van der Waals surface area contributed by atoms with Gasteiger partial charge in [-0.25, -0.2) is 0 Å². The lowest BCUT2D eigenvalue weighted by molar-refractivity contribution is 0.0428. The molecule has 7 heteroatoms. The van der Waals surface area contributed by atoms with Crippen LogP contribution in [-0.2, 0) is 0 Å². The lowest BCUT2D eigenvalue weighted by Crippen LogP contribution is -2.45. The summed E-state index contributed by atoms with van der Waals surface area (Å²) < 4.78 is 14.5. The lowest BCUT2D eigenvalue weighted by atomic mass is 9.89. The number of nitrogens with zero attached hydrogens (tertiary/aromatic N) is 3. The number of rotatable bonds is 1. The van der Waals surface area contributed by atoms with Gasteiger partial charge in [0.2, 0.25) is 0 Å². The Hall–Kier alpha value is -2.80. The summed E-state index contributed by atoms with van der Waals surface area (Å²) in [5.41, 5.74) is 2.12. The van der Waals surface area contributed by atoms with E-state index in [1.165, 1.54) is 0 Å². The zero-order chi connectivity index (χ0) is 17.7. The van der Waals surface area contributed by atoms with Gasteiger partial charge in [-0.05, 0) is 30.3 Å². The molecule has 2 aliphatic heterocycles. The second-order valence-corrected chi connectivity index (χ2v) is 7.35. The van der Waals surface area contributed by atoms with Gasteiger partial charge in [0.1, 0.15) is 22.4 Å². The van der Waals surface area contributed by atoms with Gasteiger partial charge >= 0.3 is 0 Å². The van der Waals surface area contributed by atoms with Crippen molar-refractivity contribution in [3.63, 3.8) is 0 Å². The van der Waals surface area contributed by atoms with Gasteiger partial charge in [0.15, 0.2) is 5.78 Å². The summed E-state index contributed by atoms with van der Waals surface area (Å²) in [5, 5.41) is 0. The molecule has 6 nitrogen and oxygen atoms in total. The van der Waals surface area contributed by atoms with Gasteiger partial charge in [0.05, 0.1) is 30.3 Å². The monoisotopic (exact) mass is 365 g/mol. The maximum absolute atomic E-state index is 12.9. The first-order valence-electron chi connectivity index (χ1n) is 8.46. The van der Waals surface area contributed by atoms with E-state index in [0.717, 1.165) is 22.8 Å². The second-order valence-electron chi connectivity index (χ2n) is 6.83. The SMILES string of the molecule is O=C1CC2(CCN(C(=O)c3ccc4nsnc4c3)C2)Oc2ccccc21. The molecule has 1 fully saturated rings. The minimum absolute atomic E-state index is 0.0633. The molecule has 3 heterocycles. The Morgan fingerprint density at radius 2 is 2.00 bits per heavy atom. The predicted octanol–water partition coefficient (Wildman–Crippen LogP) is 2.94. The number of ether oxygens (including phenoxy) is 1. The third-order valence-electron chi connectivity index (χ3n) is 5.10. The van der Waals surface area contributed by atoms with Crippen molar-refractivity contribution in [2.75, 3.05) is 13.1 Å². The zero-order valence-electron chi connectivity index (χ0n) is 13.8. The van der Waals surface area contributed by atoms with Gasteiger partial charge in [0.25, 0.3) is 5.91 Å². The fourth-order valence-electron chi connectivity index (χ4n) is 3.79. The lowest BCUT2D eigenvalue weighted by Gasteiger charge is -2.34. The molecule has 0 bridgehead atoms. The van der Waals surface area contributed by atoms with E-state index in [4.69, 9.17) is 4.74 Å². The standard InChI is InChI=1S/C19H15N3O3S/c23-16-10-19(25-17-4-2-1-3-13(16)17)7-8-22(11-19)18(24)12-5-6-14-15(9-12)21-26-20-14/h1-6,9H,7-8,10-11H2. The molecule has 5 rings (SSSR count). The summed E-state index contributed by atoms with van der Waals surface area (Å²) in [6.07, 6.45) is 0.960. The molecule has 1 atom stereocenters. The van der Waals surface area contributed by atoms with Crippen LogP contribution >= 0.6 is 11.7 Å². The molecule has 2 aliphatic rings.